The number of ether oxygens (including phenoxy) is 2. The van der Waals surface area contributed by atoms with Crippen LogP contribution in [0.4, 0.5) is 0 Å². The van der Waals surface area contributed by atoms with Crippen LogP contribution in [0.3, 0.4) is 0 Å². The Morgan fingerprint density at radius 2 is 1.63 bits per heavy atom. The van der Waals surface area contributed by atoms with E-state index < -0.39 is 12.1 Å². The third-order valence-corrected chi connectivity index (χ3v) is 5.04. The van der Waals surface area contributed by atoms with E-state index in [4.69, 9.17) is 9.47 Å². The molecule has 0 saturated carbocycles. The first-order valence-electron chi connectivity index (χ1n) is 9.82. The summed E-state index contributed by atoms with van der Waals surface area (Å²) in [6.45, 7) is 2.55. The van der Waals surface area contributed by atoms with Gasteiger partial charge >= 0.3 is 5.97 Å². The highest BCUT2D eigenvalue weighted by atomic mass is 16.5. The van der Waals surface area contributed by atoms with Crippen LogP contribution < -0.4 is 4.74 Å². The molecule has 4 rings (SSSR count). The lowest BCUT2D eigenvalue weighted by molar-refractivity contribution is -0.149. The Morgan fingerprint density at radius 3 is 2.20 bits per heavy atom. The number of fused-ring (bicyclic) bond motifs is 3. The van der Waals surface area contributed by atoms with Gasteiger partial charge in [-0.15, -0.1) is 0 Å². The molecule has 0 radical (unpaired) electrons. The van der Waals surface area contributed by atoms with Crippen molar-refractivity contribution in [2.75, 3.05) is 13.2 Å². The van der Waals surface area contributed by atoms with E-state index >= 15 is 0 Å². The first-order chi connectivity index (χ1) is 14.7. The normalized spacial score (nSPS) is 12.8. The smallest absolute Gasteiger partial charge is 0.333 e. The molecule has 1 N–H and O–H groups in total. The lowest BCUT2D eigenvalue weighted by atomic mass is 10.1. The minimum absolute atomic E-state index is 0.321. The number of carbonyl (C=O) groups is 1. The lowest BCUT2D eigenvalue weighted by Gasteiger charge is -2.12. The van der Waals surface area contributed by atoms with Gasteiger partial charge in [0.05, 0.1) is 0 Å². The fraction of sp³-hybridized carbons (Fsp3) is 0.208. The molecule has 0 amide bonds. The monoisotopic (exact) mass is 402 g/mol. The van der Waals surface area contributed by atoms with E-state index in [1.807, 2.05) is 54.9 Å². The van der Waals surface area contributed by atoms with Crippen LogP contribution >= 0.6 is 0 Å². The molecule has 2 heterocycles. The van der Waals surface area contributed by atoms with Gasteiger partial charge in [0.1, 0.15) is 12.4 Å². The molecule has 152 valence electrons. The molecule has 6 heteroatoms. The van der Waals surface area contributed by atoms with Gasteiger partial charge < -0.3 is 14.6 Å². The van der Waals surface area contributed by atoms with Gasteiger partial charge in [0.2, 0.25) is 0 Å². The molecule has 0 spiro atoms. The predicted molar refractivity (Wildman–Crippen MR) is 113 cm³/mol. The summed E-state index contributed by atoms with van der Waals surface area (Å²) in [4.78, 5) is 19.8. The van der Waals surface area contributed by atoms with Crippen molar-refractivity contribution in [3.05, 3.63) is 84.0 Å². The first-order valence-corrected chi connectivity index (χ1v) is 9.82. The highest BCUT2D eigenvalue weighted by molar-refractivity contribution is 6.00. The summed E-state index contributed by atoms with van der Waals surface area (Å²) in [5.41, 5.74) is 6.42. The number of rotatable bonds is 8. The van der Waals surface area contributed by atoms with Crippen molar-refractivity contribution in [3.8, 4) is 16.9 Å². The number of aromatic nitrogens is 2. The highest BCUT2D eigenvalue weighted by Crippen LogP contribution is 2.42. The number of pyridine rings is 2. The number of hydrogen-bond acceptors (Lipinski definition) is 5. The molecule has 0 fully saturated rings. The fourth-order valence-corrected chi connectivity index (χ4v) is 3.63. The maximum absolute atomic E-state index is 11.2. The molecule has 0 saturated heterocycles. The second-order valence-corrected chi connectivity index (χ2v) is 6.90. The van der Waals surface area contributed by atoms with Crippen LogP contribution in [0.2, 0.25) is 0 Å². The zero-order valence-electron chi connectivity index (χ0n) is 16.6. The van der Waals surface area contributed by atoms with Crippen LogP contribution in [0, 0.1) is 0 Å². The second-order valence-electron chi connectivity index (χ2n) is 6.90. The number of benzene rings is 1. The molecule has 1 aliphatic rings. The molecule has 3 aromatic rings. The Balaban J connectivity index is 1.44. The van der Waals surface area contributed by atoms with Crippen LogP contribution in [-0.4, -0.2) is 40.4 Å². The number of nitrogens with zero attached hydrogens (tertiary/aromatic N) is 2. The lowest BCUT2D eigenvalue weighted by Crippen LogP contribution is -2.26. The van der Waals surface area contributed by atoms with Crippen LogP contribution in [0.5, 0.6) is 5.75 Å². The van der Waals surface area contributed by atoms with E-state index in [2.05, 4.69) is 9.97 Å². The molecular formula is C24H22N2O4. The number of hydrogen-bond donors (Lipinski definition) is 1. The molecule has 30 heavy (non-hydrogen) atoms. The van der Waals surface area contributed by atoms with Crippen LogP contribution in [0.1, 0.15) is 23.6 Å². The van der Waals surface area contributed by atoms with E-state index in [1.54, 1.807) is 19.3 Å². The fourth-order valence-electron chi connectivity index (χ4n) is 3.63. The van der Waals surface area contributed by atoms with E-state index in [-0.39, 0.29) is 0 Å². The standard InChI is InChI=1S/C24H22N2O4/c1-2-29-23(24(27)28)13-16-3-5-17(6-4-16)30-12-9-20-21-14-25-10-7-18(21)19-8-11-26-15-22(19)20/h3-11,14-15,23H,2,12-13H2,1H3,(H,27,28). The van der Waals surface area contributed by atoms with Crippen molar-refractivity contribution in [1.82, 2.24) is 9.97 Å². The minimum Gasteiger partial charge on any atom is -0.490 e. The molecule has 1 aromatic carbocycles. The van der Waals surface area contributed by atoms with Crippen molar-refractivity contribution in [2.45, 2.75) is 19.4 Å². The third kappa shape index (κ3) is 4.09. The number of aliphatic carboxylic acids is 1. The zero-order valence-corrected chi connectivity index (χ0v) is 16.6. The van der Waals surface area contributed by atoms with Crippen molar-refractivity contribution in [1.29, 1.82) is 0 Å². The Kier molecular flexibility index (Phi) is 5.86. The Bertz CT molecular complexity index is 1030. The van der Waals surface area contributed by atoms with Crippen LogP contribution in [0.15, 0.2) is 67.3 Å². The van der Waals surface area contributed by atoms with Crippen LogP contribution in [-0.2, 0) is 16.0 Å². The Morgan fingerprint density at radius 1 is 1.00 bits per heavy atom. The quantitative estimate of drug-likeness (QED) is 0.480. The third-order valence-electron chi connectivity index (χ3n) is 5.04. The highest BCUT2D eigenvalue weighted by Gasteiger charge is 2.23. The van der Waals surface area contributed by atoms with E-state index in [1.165, 1.54) is 0 Å². The summed E-state index contributed by atoms with van der Waals surface area (Å²) < 4.78 is 11.2. The predicted octanol–water partition coefficient (Wildman–Crippen LogP) is 4.00. The topological polar surface area (TPSA) is 81.5 Å². The van der Waals surface area contributed by atoms with Crippen LogP contribution in [0.25, 0.3) is 16.7 Å². The zero-order chi connectivity index (χ0) is 20.9. The van der Waals surface area contributed by atoms with Gasteiger partial charge in [-0.1, -0.05) is 12.1 Å². The molecule has 1 unspecified atom stereocenters. The van der Waals surface area contributed by atoms with Gasteiger partial charge in [0.15, 0.2) is 6.10 Å². The first kappa shape index (κ1) is 19.8. The average molecular weight is 402 g/mol. The molecule has 0 aliphatic heterocycles. The van der Waals surface area contributed by atoms with Crippen molar-refractivity contribution in [2.24, 2.45) is 0 Å². The SMILES string of the molecule is CCOC(Cc1ccc(OCC=C2c3cnccc3-c3ccncc32)cc1)C(=O)O. The summed E-state index contributed by atoms with van der Waals surface area (Å²) in [6, 6.07) is 11.5. The number of carboxylic acids is 1. The van der Waals surface area contributed by atoms with Crippen molar-refractivity contribution >= 4 is 11.5 Å². The van der Waals surface area contributed by atoms with Gasteiger partial charge in [-0.3, -0.25) is 9.97 Å². The largest absolute Gasteiger partial charge is 0.490 e. The Labute approximate surface area is 174 Å². The van der Waals surface area contributed by atoms with E-state index in [9.17, 15) is 9.90 Å². The average Bonchev–Trinajstić information content (AvgIpc) is 3.09. The molecular weight excluding hydrogens is 380 g/mol. The van der Waals surface area contributed by atoms with Gasteiger partial charge in [-0.2, -0.15) is 0 Å². The summed E-state index contributed by atoms with van der Waals surface area (Å²) in [6.07, 6.45) is 8.85. The summed E-state index contributed by atoms with van der Waals surface area (Å²) >= 11 is 0. The molecule has 0 bridgehead atoms. The maximum Gasteiger partial charge on any atom is 0.333 e. The van der Waals surface area contributed by atoms with E-state index in [0.29, 0.717) is 19.6 Å². The molecule has 1 aliphatic carbocycles. The molecule has 6 nitrogen and oxygen atoms in total. The minimum atomic E-state index is -0.954. The number of carboxylic acid groups (broad SMARTS) is 1. The Hall–Kier alpha value is -3.51. The summed E-state index contributed by atoms with van der Waals surface area (Å²) in [7, 11) is 0. The van der Waals surface area contributed by atoms with Crippen molar-refractivity contribution in [3.63, 3.8) is 0 Å². The van der Waals surface area contributed by atoms with E-state index in [0.717, 1.165) is 39.1 Å². The molecule has 2 aromatic heterocycles. The maximum atomic E-state index is 11.2. The second kappa shape index (κ2) is 8.88. The summed E-state index contributed by atoms with van der Waals surface area (Å²) in [5, 5.41) is 9.21. The van der Waals surface area contributed by atoms with Crippen molar-refractivity contribution < 1.29 is 19.4 Å². The van der Waals surface area contributed by atoms with Gasteiger partial charge in [0.25, 0.3) is 0 Å². The van der Waals surface area contributed by atoms with Gasteiger partial charge in [-0.25, -0.2) is 4.79 Å². The van der Waals surface area contributed by atoms with Gasteiger partial charge in [-0.05, 0) is 59.5 Å². The molecule has 1 atom stereocenters. The summed E-state index contributed by atoms with van der Waals surface area (Å²) in [5.74, 6) is -0.236. The van der Waals surface area contributed by atoms with Gasteiger partial charge in [0, 0.05) is 48.9 Å².